The monoisotopic (exact) mass is 223 g/mol. The van der Waals surface area contributed by atoms with Gasteiger partial charge < -0.3 is 15.2 Å². The minimum Gasteiger partial charge on any atom is -0.477 e. The zero-order valence-corrected chi connectivity index (χ0v) is 8.93. The van der Waals surface area contributed by atoms with Crippen molar-refractivity contribution in [2.24, 2.45) is 0 Å². The van der Waals surface area contributed by atoms with E-state index in [4.69, 9.17) is 9.84 Å². The van der Waals surface area contributed by atoms with Gasteiger partial charge in [0.2, 0.25) is 0 Å². The normalized spacial score (nSPS) is 20.7. The smallest absolute Gasteiger partial charge is 0.354 e. The van der Waals surface area contributed by atoms with Gasteiger partial charge in [-0.15, -0.1) is 0 Å². The van der Waals surface area contributed by atoms with Gasteiger partial charge in [-0.05, 0) is 6.92 Å². The number of carboxylic acid groups (broad SMARTS) is 1. The Labute approximate surface area is 92.7 Å². The summed E-state index contributed by atoms with van der Waals surface area (Å²) in [4.78, 5) is 18.8. The number of ether oxygens (including phenoxy) is 1. The van der Waals surface area contributed by atoms with E-state index in [-0.39, 0.29) is 11.8 Å². The first-order chi connectivity index (χ1) is 7.70. The Balaban J connectivity index is 2.33. The van der Waals surface area contributed by atoms with Crippen LogP contribution in [0.5, 0.6) is 0 Å². The Morgan fingerprint density at radius 1 is 1.62 bits per heavy atom. The molecule has 6 heteroatoms. The molecule has 6 nitrogen and oxygen atoms in total. The summed E-state index contributed by atoms with van der Waals surface area (Å²) in [5.74, 6) is -1.04. The van der Waals surface area contributed by atoms with E-state index in [0.29, 0.717) is 24.4 Å². The molecule has 1 aliphatic rings. The van der Waals surface area contributed by atoms with E-state index in [0.717, 1.165) is 6.54 Å². The van der Waals surface area contributed by atoms with Gasteiger partial charge in [0.05, 0.1) is 12.3 Å². The first-order valence-corrected chi connectivity index (χ1v) is 5.07. The average Bonchev–Trinajstić information content (AvgIpc) is 2.30. The molecule has 1 atom stereocenters. The molecule has 1 aromatic rings. The van der Waals surface area contributed by atoms with E-state index in [2.05, 4.69) is 15.3 Å². The molecule has 2 rings (SSSR count). The Kier molecular flexibility index (Phi) is 3.12. The number of hydrogen-bond donors (Lipinski definition) is 2. The lowest BCUT2D eigenvalue weighted by Crippen LogP contribution is -2.34. The van der Waals surface area contributed by atoms with Crippen LogP contribution in [0.3, 0.4) is 0 Å². The average molecular weight is 223 g/mol. The van der Waals surface area contributed by atoms with Crippen LogP contribution < -0.4 is 5.32 Å². The third kappa shape index (κ3) is 2.02. The van der Waals surface area contributed by atoms with Crippen LogP contribution in [-0.4, -0.2) is 40.7 Å². The molecule has 0 spiro atoms. The topological polar surface area (TPSA) is 84.3 Å². The Hall–Kier alpha value is -1.53. The molecule has 0 radical (unpaired) electrons. The van der Waals surface area contributed by atoms with Crippen molar-refractivity contribution in [3.63, 3.8) is 0 Å². The molecule has 0 saturated carbocycles. The zero-order valence-electron chi connectivity index (χ0n) is 8.93. The summed E-state index contributed by atoms with van der Waals surface area (Å²) in [6.45, 7) is 3.77. The van der Waals surface area contributed by atoms with Crippen LogP contribution >= 0.6 is 0 Å². The maximum Gasteiger partial charge on any atom is 0.354 e. The number of nitrogens with one attached hydrogen (secondary N) is 1. The molecule has 2 heterocycles. The summed E-state index contributed by atoms with van der Waals surface area (Å²) in [5, 5.41) is 12.1. The molecule has 0 aromatic carbocycles. The number of rotatable bonds is 2. The molecule has 2 N–H and O–H groups in total. The number of carboxylic acids is 1. The van der Waals surface area contributed by atoms with Crippen LogP contribution in [0.4, 0.5) is 0 Å². The van der Waals surface area contributed by atoms with Gasteiger partial charge in [-0.2, -0.15) is 0 Å². The maximum atomic E-state index is 10.9. The van der Waals surface area contributed by atoms with Gasteiger partial charge in [-0.3, -0.25) is 0 Å². The van der Waals surface area contributed by atoms with Crippen molar-refractivity contribution in [3.05, 3.63) is 23.3 Å². The lowest BCUT2D eigenvalue weighted by molar-refractivity contribution is 0.0244. The van der Waals surface area contributed by atoms with E-state index in [1.807, 2.05) is 0 Å². The summed E-state index contributed by atoms with van der Waals surface area (Å²) >= 11 is 0. The first-order valence-electron chi connectivity index (χ1n) is 5.07. The van der Waals surface area contributed by atoms with Crippen molar-refractivity contribution in [2.45, 2.75) is 13.0 Å². The minimum atomic E-state index is -1.04. The third-order valence-electron chi connectivity index (χ3n) is 2.56. The highest BCUT2D eigenvalue weighted by atomic mass is 16.5. The second-order valence-electron chi connectivity index (χ2n) is 3.60. The van der Waals surface area contributed by atoms with E-state index in [1.165, 1.54) is 6.33 Å². The maximum absolute atomic E-state index is 10.9. The van der Waals surface area contributed by atoms with Gasteiger partial charge in [0.15, 0.2) is 5.69 Å². The number of morpholine rings is 1. The van der Waals surface area contributed by atoms with Crippen LogP contribution in [0.2, 0.25) is 0 Å². The molecule has 1 aromatic heterocycles. The second-order valence-corrected chi connectivity index (χ2v) is 3.60. The number of carbonyl (C=O) groups is 1. The predicted molar refractivity (Wildman–Crippen MR) is 55.3 cm³/mol. The molecule has 1 unspecified atom stereocenters. The van der Waals surface area contributed by atoms with Gasteiger partial charge in [0.25, 0.3) is 0 Å². The summed E-state index contributed by atoms with van der Waals surface area (Å²) in [7, 11) is 0. The van der Waals surface area contributed by atoms with Crippen LogP contribution in [-0.2, 0) is 4.74 Å². The predicted octanol–water partition coefficient (Wildman–Crippen LogP) is 0.144. The Morgan fingerprint density at radius 3 is 3.06 bits per heavy atom. The third-order valence-corrected chi connectivity index (χ3v) is 2.56. The summed E-state index contributed by atoms with van der Waals surface area (Å²) < 4.78 is 5.53. The summed E-state index contributed by atoms with van der Waals surface area (Å²) in [6.07, 6.45) is 1.08. The van der Waals surface area contributed by atoms with Crippen molar-refractivity contribution in [2.75, 3.05) is 19.7 Å². The number of hydrogen-bond acceptors (Lipinski definition) is 5. The molecule has 86 valence electrons. The summed E-state index contributed by atoms with van der Waals surface area (Å²) in [5.41, 5.74) is 1.27. The SMILES string of the molecule is Cc1c(C(=O)O)ncnc1C1CNCCO1. The van der Waals surface area contributed by atoms with Gasteiger partial charge >= 0.3 is 5.97 Å². The highest BCUT2D eigenvalue weighted by molar-refractivity contribution is 5.87. The molecule has 16 heavy (non-hydrogen) atoms. The van der Waals surface area contributed by atoms with Crippen LogP contribution in [0, 0.1) is 6.92 Å². The van der Waals surface area contributed by atoms with Gasteiger partial charge in [0, 0.05) is 18.7 Å². The Morgan fingerprint density at radius 2 is 2.44 bits per heavy atom. The molecule has 0 bridgehead atoms. The minimum absolute atomic E-state index is 0.0409. The lowest BCUT2D eigenvalue weighted by atomic mass is 10.1. The van der Waals surface area contributed by atoms with Crippen LogP contribution in [0.15, 0.2) is 6.33 Å². The molecule has 1 aliphatic heterocycles. The fraction of sp³-hybridized carbons (Fsp3) is 0.500. The molecular weight excluding hydrogens is 210 g/mol. The number of aromatic nitrogens is 2. The van der Waals surface area contributed by atoms with Crippen molar-refractivity contribution < 1.29 is 14.6 Å². The van der Waals surface area contributed by atoms with Gasteiger partial charge in [-0.25, -0.2) is 14.8 Å². The van der Waals surface area contributed by atoms with E-state index < -0.39 is 5.97 Å². The lowest BCUT2D eigenvalue weighted by Gasteiger charge is -2.24. The highest BCUT2D eigenvalue weighted by Crippen LogP contribution is 2.21. The highest BCUT2D eigenvalue weighted by Gasteiger charge is 2.22. The van der Waals surface area contributed by atoms with Gasteiger partial charge in [0.1, 0.15) is 12.4 Å². The van der Waals surface area contributed by atoms with Crippen molar-refractivity contribution >= 4 is 5.97 Å². The quantitative estimate of drug-likeness (QED) is 0.742. The molecule has 0 amide bonds. The van der Waals surface area contributed by atoms with Crippen LogP contribution in [0.1, 0.15) is 27.8 Å². The Bertz CT molecular complexity index is 402. The number of nitrogens with zero attached hydrogens (tertiary/aromatic N) is 2. The molecular formula is C10H13N3O3. The summed E-state index contributed by atoms with van der Waals surface area (Å²) in [6, 6.07) is 0. The molecule has 1 saturated heterocycles. The fourth-order valence-electron chi connectivity index (χ4n) is 1.75. The van der Waals surface area contributed by atoms with Crippen molar-refractivity contribution in [1.82, 2.24) is 15.3 Å². The molecule has 0 aliphatic carbocycles. The first kappa shape index (κ1) is 11.0. The van der Waals surface area contributed by atoms with E-state index >= 15 is 0 Å². The van der Waals surface area contributed by atoms with Crippen molar-refractivity contribution in [1.29, 1.82) is 0 Å². The largest absolute Gasteiger partial charge is 0.477 e. The zero-order chi connectivity index (χ0) is 11.5. The van der Waals surface area contributed by atoms with Crippen LogP contribution in [0.25, 0.3) is 0 Å². The fourth-order valence-corrected chi connectivity index (χ4v) is 1.75. The molecule has 1 fully saturated rings. The number of aromatic carboxylic acids is 1. The van der Waals surface area contributed by atoms with E-state index in [9.17, 15) is 4.79 Å². The van der Waals surface area contributed by atoms with E-state index in [1.54, 1.807) is 6.92 Å². The second kappa shape index (κ2) is 4.54. The standard InChI is InChI=1S/C10H13N3O3/c1-6-8(7-4-11-2-3-16-7)12-5-13-9(6)10(14)15/h5,7,11H,2-4H2,1H3,(H,14,15). The van der Waals surface area contributed by atoms with Gasteiger partial charge in [-0.1, -0.05) is 0 Å². The van der Waals surface area contributed by atoms with Crippen molar-refractivity contribution in [3.8, 4) is 0 Å².